The van der Waals surface area contributed by atoms with Crippen LogP contribution in [0.3, 0.4) is 0 Å². The van der Waals surface area contributed by atoms with Crippen LogP contribution in [0.2, 0.25) is 0 Å². The van der Waals surface area contributed by atoms with Crippen molar-refractivity contribution in [2.45, 2.75) is 6.10 Å². The average Bonchev–Trinajstić information content (AvgIpc) is 2.58. The number of aliphatic hydroxyl groups excluding tert-OH is 1. The molecule has 120 valence electrons. The number of rotatable bonds is 6. The summed E-state index contributed by atoms with van der Waals surface area (Å²) in [5.74, 6) is -0.174. The maximum absolute atomic E-state index is 13.5. The Labute approximate surface area is 134 Å². The molecule has 23 heavy (non-hydrogen) atoms. The predicted octanol–water partition coefficient (Wildman–Crippen LogP) is 2.70. The zero-order chi connectivity index (χ0) is 16.7. The van der Waals surface area contributed by atoms with Gasteiger partial charge in [-0.2, -0.15) is 0 Å². The van der Waals surface area contributed by atoms with Gasteiger partial charge in [-0.3, -0.25) is 4.79 Å². The minimum atomic E-state index is -1.09. The number of hydrogen-bond acceptors (Lipinski definition) is 3. The molecule has 2 rings (SSSR count). The Hall–Kier alpha value is -2.66. The summed E-state index contributed by atoms with van der Waals surface area (Å²) in [5.41, 5.74) is 0.971. The van der Waals surface area contributed by atoms with E-state index in [2.05, 4.69) is 5.32 Å². The molecule has 0 aliphatic rings. The van der Waals surface area contributed by atoms with Gasteiger partial charge >= 0.3 is 0 Å². The summed E-state index contributed by atoms with van der Waals surface area (Å²) in [6, 6.07) is 13.2. The molecule has 2 aromatic rings. The topological polar surface area (TPSA) is 58.6 Å². The summed E-state index contributed by atoms with van der Waals surface area (Å²) >= 11 is 0. The van der Waals surface area contributed by atoms with Crippen LogP contribution < -0.4 is 10.1 Å². The number of nitrogens with one attached hydrogen (secondary N) is 1. The maximum Gasteiger partial charge on any atom is 0.244 e. The van der Waals surface area contributed by atoms with Crippen molar-refractivity contribution in [3.8, 4) is 5.75 Å². The summed E-state index contributed by atoms with van der Waals surface area (Å²) < 4.78 is 18.6. The highest BCUT2D eigenvalue weighted by atomic mass is 19.1. The molecule has 0 bridgehead atoms. The quantitative estimate of drug-likeness (QED) is 0.806. The standard InChI is InChI=1S/C18H18FNO3/c1-23-14-6-4-5-13(11-14)9-10-18(22)20-12-17(21)15-7-2-3-8-16(15)19/h2-11,17,21H,12H2,1H3,(H,20,22)/b10-9+. The Morgan fingerprint density at radius 2 is 2.09 bits per heavy atom. The molecule has 2 N–H and O–H groups in total. The van der Waals surface area contributed by atoms with Crippen LogP contribution in [0.15, 0.2) is 54.6 Å². The largest absolute Gasteiger partial charge is 0.497 e. The summed E-state index contributed by atoms with van der Waals surface area (Å²) in [5, 5.41) is 12.4. The van der Waals surface area contributed by atoms with E-state index in [1.54, 1.807) is 31.4 Å². The van der Waals surface area contributed by atoms with Crippen molar-refractivity contribution in [3.63, 3.8) is 0 Å². The van der Waals surface area contributed by atoms with Crippen molar-refractivity contribution in [2.75, 3.05) is 13.7 Å². The second-order valence-corrected chi connectivity index (χ2v) is 4.89. The van der Waals surface area contributed by atoms with Gasteiger partial charge in [-0.05, 0) is 29.8 Å². The van der Waals surface area contributed by atoms with Crippen LogP contribution >= 0.6 is 0 Å². The van der Waals surface area contributed by atoms with E-state index < -0.39 is 11.9 Å². The van der Waals surface area contributed by atoms with Crippen molar-refractivity contribution in [1.82, 2.24) is 5.32 Å². The van der Waals surface area contributed by atoms with Crippen LogP contribution in [0.1, 0.15) is 17.2 Å². The second kappa shape index (κ2) is 8.10. The molecule has 0 saturated heterocycles. The molecule has 1 unspecified atom stereocenters. The Kier molecular flexibility index (Phi) is 5.88. The molecule has 0 heterocycles. The molecule has 1 atom stereocenters. The molecule has 0 saturated carbocycles. The van der Waals surface area contributed by atoms with Crippen LogP contribution in [0.4, 0.5) is 4.39 Å². The molecule has 1 amide bonds. The highest BCUT2D eigenvalue weighted by Crippen LogP contribution is 2.16. The Morgan fingerprint density at radius 1 is 1.30 bits per heavy atom. The van der Waals surface area contributed by atoms with Gasteiger partial charge in [0.25, 0.3) is 0 Å². The number of amides is 1. The number of hydrogen-bond donors (Lipinski definition) is 2. The summed E-state index contributed by atoms with van der Waals surface area (Å²) in [6.45, 7) is -0.0672. The van der Waals surface area contributed by atoms with E-state index in [0.29, 0.717) is 5.75 Å². The smallest absolute Gasteiger partial charge is 0.244 e. The number of carbonyl (C=O) groups is 1. The lowest BCUT2D eigenvalue weighted by molar-refractivity contribution is -0.116. The number of benzene rings is 2. The minimum Gasteiger partial charge on any atom is -0.497 e. The Bertz CT molecular complexity index is 700. The molecule has 5 heteroatoms. The third-order valence-corrected chi connectivity index (χ3v) is 3.25. The zero-order valence-electron chi connectivity index (χ0n) is 12.7. The molecule has 4 nitrogen and oxygen atoms in total. The van der Waals surface area contributed by atoms with Crippen LogP contribution in [-0.4, -0.2) is 24.7 Å². The third kappa shape index (κ3) is 4.93. The SMILES string of the molecule is COc1cccc(/C=C/C(=O)NCC(O)c2ccccc2F)c1. The van der Waals surface area contributed by atoms with Crippen LogP contribution in [-0.2, 0) is 4.79 Å². The fraction of sp³-hybridized carbons (Fsp3) is 0.167. The maximum atomic E-state index is 13.5. The number of ether oxygens (including phenoxy) is 1. The van der Waals surface area contributed by atoms with Gasteiger partial charge in [-0.25, -0.2) is 4.39 Å². The van der Waals surface area contributed by atoms with E-state index >= 15 is 0 Å². The highest BCUT2D eigenvalue weighted by molar-refractivity contribution is 5.91. The van der Waals surface area contributed by atoms with Crippen molar-refractivity contribution < 1.29 is 19.0 Å². The minimum absolute atomic E-state index is 0.0672. The summed E-state index contributed by atoms with van der Waals surface area (Å²) in [6.07, 6.45) is 1.89. The van der Waals surface area contributed by atoms with Gasteiger partial charge in [0.05, 0.1) is 13.2 Å². The first kappa shape index (κ1) is 16.7. The number of halogens is 1. The molecule has 2 aromatic carbocycles. The summed E-state index contributed by atoms with van der Waals surface area (Å²) in [4.78, 5) is 11.8. The Morgan fingerprint density at radius 3 is 2.83 bits per heavy atom. The first-order valence-electron chi connectivity index (χ1n) is 7.12. The molecule has 0 spiro atoms. The third-order valence-electron chi connectivity index (χ3n) is 3.25. The lowest BCUT2D eigenvalue weighted by Gasteiger charge is -2.12. The lowest BCUT2D eigenvalue weighted by Crippen LogP contribution is -2.27. The molecule has 0 radical (unpaired) electrons. The van der Waals surface area contributed by atoms with Crippen LogP contribution in [0, 0.1) is 5.82 Å². The predicted molar refractivity (Wildman–Crippen MR) is 86.4 cm³/mol. The van der Waals surface area contributed by atoms with Gasteiger partial charge < -0.3 is 15.2 Å². The van der Waals surface area contributed by atoms with E-state index in [9.17, 15) is 14.3 Å². The van der Waals surface area contributed by atoms with Gasteiger partial charge in [-0.15, -0.1) is 0 Å². The molecule has 0 fully saturated rings. The molecule has 0 aliphatic heterocycles. The van der Waals surface area contributed by atoms with Crippen molar-refractivity contribution in [1.29, 1.82) is 0 Å². The number of methoxy groups -OCH3 is 1. The molecular weight excluding hydrogens is 297 g/mol. The highest BCUT2D eigenvalue weighted by Gasteiger charge is 2.12. The van der Waals surface area contributed by atoms with E-state index in [4.69, 9.17) is 4.74 Å². The molecule has 0 aliphatic carbocycles. The van der Waals surface area contributed by atoms with Gasteiger partial charge in [0.2, 0.25) is 5.91 Å². The van der Waals surface area contributed by atoms with Crippen LogP contribution in [0.5, 0.6) is 5.75 Å². The lowest BCUT2D eigenvalue weighted by atomic mass is 10.1. The van der Waals surface area contributed by atoms with Crippen molar-refractivity contribution in [3.05, 3.63) is 71.6 Å². The van der Waals surface area contributed by atoms with E-state index in [0.717, 1.165) is 5.56 Å². The van der Waals surface area contributed by atoms with Gasteiger partial charge in [0, 0.05) is 18.2 Å². The van der Waals surface area contributed by atoms with Gasteiger partial charge in [0.15, 0.2) is 0 Å². The van der Waals surface area contributed by atoms with Crippen LogP contribution in [0.25, 0.3) is 6.08 Å². The van der Waals surface area contributed by atoms with Gasteiger partial charge in [0.1, 0.15) is 11.6 Å². The number of aliphatic hydroxyl groups is 1. The van der Waals surface area contributed by atoms with Crippen molar-refractivity contribution in [2.24, 2.45) is 0 Å². The van der Waals surface area contributed by atoms with Crippen molar-refractivity contribution >= 4 is 12.0 Å². The first-order valence-corrected chi connectivity index (χ1v) is 7.12. The Balaban J connectivity index is 1.89. The normalized spacial score (nSPS) is 12.1. The average molecular weight is 315 g/mol. The number of carbonyl (C=O) groups excluding carboxylic acids is 1. The summed E-state index contributed by atoms with van der Waals surface area (Å²) in [7, 11) is 1.57. The molecular formula is C18H18FNO3. The van der Waals surface area contributed by atoms with E-state index in [-0.39, 0.29) is 18.0 Å². The fourth-order valence-corrected chi connectivity index (χ4v) is 2.03. The fourth-order valence-electron chi connectivity index (χ4n) is 2.03. The van der Waals surface area contributed by atoms with E-state index in [1.165, 1.54) is 18.2 Å². The molecule has 0 aromatic heterocycles. The first-order chi connectivity index (χ1) is 11.1. The van der Waals surface area contributed by atoms with Gasteiger partial charge in [-0.1, -0.05) is 30.3 Å². The second-order valence-electron chi connectivity index (χ2n) is 4.89. The zero-order valence-corrected chi connectivity index (χ0v) is 12.7. The monoisotopic (exact) mass is 315 g/mol. The van der Waals surface area contributed by atoms with E-state index in [1.807, 2.05) is 18.2 Å².